The zero-order valence-electron chi connectivity index (χ0n) is 19.2. The minimum Gasteiger partial charge on any atom is -0.361 e. The van der Waals surface area contributed by atoms with Crippen LogP contribution in [0.1, 0.15) is 50.7 Å². The van der Waals surface area contributed by atoms with E-state index in [0.717, 1.165) is 24.9 Å². The number of fused-ring (bicyclic) bond motifs is 1. The molecule has 2 aromatic carbocycles. The number of H-pyrrole nitrogens is 1. The quantitative estimate of drug-likeness (QED) is 0.615. The van der Waals surface area contributed by atoms with Gasteiger partial charge in [0.05, 0.1) is 5.92 Å². The maximum absolute atomic E-state index is 13.1. The summed E-state index contributed by atoms with van der Waals surface area (Å²) in [5, 5.41) is 4.39. The number of amides is 2. The second-order valence-electron chi connectivity index (χ2n) is 9.84. The summed E-state index contributed by atoms with van der Waals surface area (Å²) in [7, 11) is 0. The van der Waals surface area contributed by atoms with Gasteiger partial charge in [0.1, 0.15) is 0 Å². The highest BCUT2D eigenvalue weighted by molar-refractivity contribution is 5.85. The number of piperidine rings is 1. The number of hydrogen-bond acceptors (Lipinski definition) is 2. The first-order chi connectivity index (χ1) is 15.3. The zero-order valence-corrected chi connectivity index (χ0v) is 19.2. The molecule has 1 aliphatic heterocycles. The van der Waals surface area contributed by atoms with Crippen molar-refractivity contribution in [2.75, 3.05) is 19.6 Å². The molecule has 5 nitrogen and oxygen atoms in total. The third kappa shape index (κ3) is 4.72. The normalized spacial score (nSPS) is 17.8. The van der Waals surface area contributed by atoms with E-state index in [1.54, 1.807) is 0 Å². The molecule has 32 heavy (non-hydrogen) atoms. The van der Waals surface area contributed by atoms with E-state index in [4.69, 9.17) is 0 Å². The van der Waals surface area contributed by atoms with Crippen molar-refractivity contribution in [1.82, 2.24) is 15.2 Å². The van der Waals surface area contributed by atoms with Gasteiger partial charge in [-0.25, -0.2) is 0 Å². The highest BCUT2D eigenvalue weighted by Gasteiger charge is 2.33. The van der Waals surface area contributed by atoms with Gasteiger partial charge in [0.15, 0.2) is 0 Å². The molecule has 2 unspecified atom stereocenters. The Kier molecular flexibility index (Phi) is 6.35. The van der Waals surface area contributed by atoms with Crippen LogP contribution in [-0.4, -0.2) is 41.3 Å². The average molecular weight is 432 g/mol. The number of aromatic amines is 1. The minimum atomic E-state index is -0.424. The highest BCUT2D eigenvalue weighted by atomic mass is 16.2. The van der Waals surface area contributed by atoms with Crippen LogP contribution in [-0.2, 0) is 9.59 Å². The van der Waals surface area contributed by atoms with Crippen LogP contribution in [0.4, 0.5) is 0 Å². The number of hydrogen-bond donors (Lipinski definition) is 2. The van der Waals surface area contributed by atoms with E-state index in [9.17, 15) is 9.59 Å². The average Bonchev–Trinajstić information content (AvgIpc) is 3.23. The summed E-state index contributed by atoms with van der Waals surface area (Å²) in [6.45, 7) is 7.57. The Morgan fingerprint density at radius 3 is 2.56 bits per heavy atom. The fourth-order valence-corrected chi connectivity index (χ4v) is 4.67. The lowest BCUT2D eigenvalue weighted by molar-refractivity contribution is -0.142. The Bertz CT molecular complexity index is 1080. The van der Waals surface area contributed by atoms with Gasteiger partial charge in [0, 0.05) is 48.1 Å². The zero-order chi connectivity index (χ0) is 22.7. The van der Waals surface area contributed by atoms with E-state index in [0.29, 0.717) is 13.1 Å². The molecule has 2 heterocycles. The molecule has 168 valence electrons. The van der Waals surface area contributed by atoms with Crippen molar-refractivity contribution in [3.05, 3.63) is 71.9 Å². The van der Waals surface area contributed by atoms with Crippen LogP contribution in [0.15, 0.2) is 60.8 Å². The Morgan fingerprint density at radius 2 is 1.81 bits per heavy atom. The SMILES string of the molecule is CC(C)(C)C(=O)N1CCCC(C(=O)NCC(c2ccccc2)c2c[nH]c3ccccc23)C1. The van der Waals surface area contributed by atoms with E-state index >= 15 is 0 Å². The molecule has 0 spiro atoms. The van der Waals surface area contributed by atoms with Crippen LogP contribution < -0.4 is 5.32 Å². The molecule has 0 saturated carbocycles. The number of para-hydroxylation sites is 1. The van der Waals surface area contributed by atoms with Crippen LogP contribution in [0.5, 0.6) is 0 Å². The van der Waals surface area contributed by atoms with Crippen LogP contribution in [0.2, 0.25) is 0 Å². The van der Waals surface area contributed by atoms with Gasteiger partial charge in [-0.05, 0) is 30.0 Å². The molecule has 2 N–H and O–H groups in total. The largest absolute Gasteiger partial charge is 0.361 e. The first-order valence-electron chi connectivity index (χ1n) is 11.5. The van der Waals surface area contributed by atoms with Gasteiger partial charge in [0.25, 0.3) is 0 Å². The number of nitrogens with one attached hydrogen (secondary N) is 2. The molecule has 1 aliphatic rings. The molecule has 1 fully saturated rings. The van der Waals surface area contributed by atoms with Gasteiger partial charge < -0.3 is 15.2 Å². The first-order valence-corrected chi connectivity index (χ1v) is 11.5. The van der Waals surface area contributed by atoms with Crippen LogP contribution in [0.25, 0.3) is 10.9 Å². The number of likely N-dealkylation sites (tertiary alicyclic amines) is 1. The van der Waals surface area contributed by atoms with Crippen molar-refractivity contribution in [2.45, 2.75) is 39.5 Å². The second-order valence-corrected chi connectivity index (χ2v) is 9.84. The maximum atomic E-state index is 13.1. The number of benzene rings is 2. The second kappa shape index (κ2) is 9.19. The molecule has 2 amide bonds. The highest BCUT2D eigenvalue weighted by Crippen LogP contribution is 2.31. The summed E-state index contributed by atoms with van der Waals surface area (Å²) in [4.78, 5) is 31.1. The Balaban J connectivity index is 1.50. The van der Waals surface area contributed by atoms with Gasteiger partial charge in [-0.2, -0.15) is 0 Å². The van der Waals surface area contributed by atoms with Crippen molar-refractivity contribution in [3.8, 4) is 0 Å². The predicted octanol–water partition coefficient (Wildman–Crippen LogP) is 4.70. The Morgan fingerprint density at radius 1 is 1.09 bits per heavy atom. The summed E-state index contributed by atoms with van der Waals surface area (Å²) in [5.74, 6) is 0.0507. The summed E-state index contributed by atoms with van der Waals surface area (Å²) in [6.07, 6.45) is 3.74. The smallest absolute Gasteiger partial charge is 0.227 e. The molecular weight excluding hydrogens is 398 g/mol. The van der Waals surface area contributed by atoms with Gasteiger partial charge in [-0.3, -0.25) is 9.59 Å². The van der Waals surface area contributed by atoms with E-state index < -0.39 is 5.41 Å². The van der Waals surface area contributed by atoms with Crippen molar-refractivity contribution < 1.29 is 9.59 Å². The molecular formula is C27H33N3O2. The van der Waals surface area contributed by atoms with E-state index in [2.05, 4.69) is 40.8 Å². The lowest BCUT2D eigenvalue weighted by Crippen LogP contribution is -2.49. The molecule has 0 bridgehead atoms. The molecule has 5 heteroatoms. The van der Waals surface area contributed by atoms with Crippen LogP contribution in [0, 0.1) is 11.3 Å². The third-order valence-corrected chi connectivity index (χ3v) is 6.40. The summed E-state index contributed by atoms with van der Waals surface area (Å²) < 4.78 is 0. The maximum Gasteiger partial charge on any atom is 0.227 e. The van der Waals surface area contributed by atoms with Crippen LogP contribution >= 0.6 is 0 Å². The summed E-state index contributed by atoms with van der Waals surface area (Å²) in [6, 6.07) is 18.6. The molecule has 2 atom stereocenters. The topological polar surface area (TPSA) is 65.2 Å². The molecule has 4 rings (SSSR count). The van der Waals surface area contributed by atoms with Crippen molar-refractivity contribution in [2.24, 2.45) is 11.3 Å². The number of rotatable bonds is 5. The summed E-state index contributed by atoms with van der Waals surface area (Å²) >= 11 is 0. The van der Waals surface area contributed by atoms with Gasteiger partial charge >= 0.3 is 0 Å². The van der Waals surface area contributed by atoms with Crippen molar-refractivity contribution in [1.29, 1.82) is 0 Å². The summed E-state index contributed by atoms with van der Waals surface area (Å²) in [5.41, 5.74) is 3.02. The van der Waals surface area contributed by atoms with Crippen molar-refractivity contribution in [3.63, 3.8) is 0 Å². The minimum absolute atomic E-state index is 0.0391. The van der Waals surface area contributed by atoms with E-state index in [-0.39, 0.29) is 23.7 Å². The molecule has 3 aromatic rings. The monoisotopic (exact) mass is 431 g/mol. The standard InChI is InChI=1S/C27H33N3O2/c1-27(2,3)26(32)30-15-9-12-20(18-30)25(31)29-16-22(19-10-5-4-6-11-19)23-17-28-24-14-8-7-13-21(23)24/h4-8,10-11,13-14,17,20,22,28H,9,12,15-16,18H2,1-3H3,(H,29,31). The number of carbonyl (C=O) groups is 2. The fraction of sp³-hybridized carbons (Fsp3) is 0.407. The first kappa shape index (κ1) is 22.1. The number of aromatic nitrogens is 1. The number of nitrogens with zero attached hydrogens (tertiary/aromatic N) is 1. The van der Waals surface area contributed by atoms with Crippen LogP contribution in [0.3, 0.4) is 0 Å². The molecule has 1 saturated heterocycles. The molecule has 1 aromatic heterocycles. The van der Waals surface area contributed by atoms with E-state index in [1.165, 1.54) is 16.5 Å². The lowest BCUT2D eigenvalue weighted by atomic mass is 9.89. The lowest BCUT2D eigenvalue weighted by Gasteiger charge is -2.36. The van der Waals surface area contributed by atoms with Gasteiger partial charge in [-0.15, -0.1) is 0 Å². The molecule has 0 aliphatic carbocycles. The third-order valence-electron chi connectivity index (χ3n) is 6.40. The Hall–Kier alpha value is -3.08. The predicted molar refractivity (Wildman–Crippen MR) is 128 cm³/mol. The van der Waals surface area contributed by atoms with Crippen molar-refractivity contribution >= 4 is 22.7 Å². The Labute approximate surface area is 190 Å². The number of carbonyl (C=O) groups excluding carboxylic acids is 2. The van der Waals surface area contributed by atoms with Gasteiger partial charge in [0.2, 0.25) is 11.8 Å². The van der Waals surface area contributed by atoms with Gasteiger partial charge in [-0.1, -0.05) is 69.3 Å². The van der Waals surface area contributed by atoms with E-state index in [1.807, 2.05) is 56.0 Å². The fourth-order valence-electron chi connectivity index (χ4n) is 4.67. The molecule has 0 radical (unpaired) electrons.